The second-order valence-corrected chi connectivity index (χ2v) is 10.2. The van der Waals surface area contributed by atoms with Crippen LogP contribution in [0.25, 0.3) is 0 Å². The van der Waals surface area contributed by atoms with E-state index in [9.17, 15) is 0 Å². The third kappa shape index (κ3) is 5.17. The van der Waals surface area contributed by atoms with Crippen molar-refractivity contribution in [2.24, 2.45) is 5.16 Å². The maximum atomic E-state index is 6.30. The number of nitrogens with zero attached hydrogens (tertiary/aromatic N) is 1. The molecule has 0 fully saturated rings. The minimum absolute atomic E-state index is 0.939. The summed E-state index contributed by atoms with van der Waals surface area (Å²) in [6, 6.07) is 34.7. The summed E-state index contributed by atoms with van der Waals surface area (Å²) in [5.41, 5.74) is 3.95. The first-order valence-corrected chi connectivity index (χ1v) is 11.6. The lowest BCUT2D eigenvalue weighted by Crippen LogP contribution is -2.46. The fourth-order valence-electron chi connectivity index (χ4n) is 3.35. The number of rotatable bonds is 8. The summed E-state index contributed by atoms with van der Waals surface area (Å²) in [7, 11) is -2.24. The molecule has 0 heterocycles. The van der Waals surface area contributed by atoms with Gasteiger partial charge in [0.1, 0.15) is 0 Å². The van der Waals surface area contributed by atoms with Crippen LogP contribution < -0.4 is 0 Å². The average Bonchev–Trinajstić information content (AvgIpc) is 2.69. The molecule has 0 saturated heterocycles. The van der Waals surface area contributed by atoms with Gasteiger partial charge in [0.05, 0.1) is 0 Å². The van der Waals surface area contributed by atoms with Crippen LogP contribution in [0.15, 0.2) is 96.2 Å². The van der Waals surface area contributed by atoms with Crippen LogP contribution in [0.3, 0.4) is 0 Å². The predicted octanol–water partition coefficient (Wildman–Crippen LogP) is 5.30. The van der Waals surface area contributed by atoms with Crippen LogP contribution in [-0.4, -0.2) is 14.5 Å². The summed E-state index contributed by atoms with van der Waals surface area (Å²) >= 11 is 0. The van der Waals surface area contributed by atoms with Crippen molar-refractivity contribution in [1.29, 1.82) is 0 Å². The Hall–Kier alpha value is -2.65. The highest BCUT2D eigenvalue weighted by Crippen LogP contribution is 2.24. The first-order chi connectivity index (χ1) is 12.8. The van der Waals surface area contributed by atoms with Gasteiger partial charge < -0.3 is 4.53 Å². The molecule has 0 amide bonds. The molecular formula is C23H25NOSi. The third-order valence-corrected chi connectivity index (χ3v) is 8.11. The van der Waals surface area contributed by atoms with Gasteiger partial charge in [0.15, 0.2) is 0 Å². The van der Waals surface area contributed by atoms with E-state index in [1.54, 1.807) is 6.21 Å². The fraction of sp³-hybridized carbons (Fsp3) is 0.174. The van der Waals surface area contributed by atoms with E-state index in [2.05, 4.69) is 96.2 Å². The largest absolute Gasteiger partial charge is 0.454 e. The predicted molar refractivity (Wildman–Crippen MR) is 111 cm³/mol. The van der Waals surface area contributed by atoms with Crippen molar-refractivity contribution in [3.05, 3.63) is 108 Å². The van der Waals surface area contributed by atoms with Crippen molar-refractivity contribution >= 4 is 14.5 Å². The number of hydrogen-bond donors (Lipinski definition) is 0. The van der Waals surface area contributed by atoms with Crippen LogP contribution in [0.2, 0.25) is 0 Å². The molecule has 26 heavy (non-hydrogen) atoms. The van der Waals surface area contributed by atoms with Gasteiger partial charge in [-0.1, -0.05) is 91.0 Å². The highest BCUT2D eigenvalue weighted by molar-refractivity contribution is 6.72. The van der Waals surface area contributed by atoms with E-state index in [-0.39, 0.29) is 0 Å². The van der Waals surface area contributed by atoms with E-state index in [0.29, 0.717) is 0 Å². The molecule has 0 saturated carbocycles. The zero-order valence-electron chi connectivity index (χ0n) is 15.2. The molecule has 3 rings (SSSR count). The summed E-state index contributed by atoms with van der Waals surface area (Å²) in [5.74, 6) is 0. The lowest BCUT2D eigenvalue weighted by molar-refractivity contribution is 0.318. The van der Waals surface area contributed by atoms with Crippen LogP contribution in [0.1, 0.15) is 23.6 Å². The Balaban J connectivity index is 1.97. The molecule has 3 aromatic rings. The Morgan fingerprint density at radius 3 is 1.31 bits per heavy atom. The molecule has 0 N–H and O–H groups in total. The Kier molecular flexibility index (Phi) is 6.39. The SMILES string of the molecule is CC=NO[Si](Cc1ccccc1)(Cc1ccccc1)Cc1ccccc1. The lowest BCUT2D eigenvalue weighted by atomic mass is 10.2. The first-order valence-electron chi connectivity index (χ1n) is 9.08. The summed E-state index contributed by atoms with van der Waals surface area (Å²) in [6.45, 7) is 1.91. The molecule has 0 unspecified atom stereocenters. The Labute approximate surface area is 157 Å². The topological polar surface area (TPSA) is 21.6 Å². The van der Waals surface area contributed by atoms with E-state index in [4.69, 9.17) is 4.53 Å². The van der Waals surface area contributed by atoms with Crippen LogP contribution in [-0.2, 0) is 22.7 Å². The van der Waals surface area contributed by atoms with Crippen molar-refractivity contribution in [1.82, 2.24) is 0 Å². The quantitative estimate of drug-likeness (QED) is 0.304. The molecule has 0 aliphatic heterocycles. The van der Waals surface area contributed by atoms with Gasteiger partial charge in [-0.25, -0.2) is 0 Å². The van der Waals surface area contributed by atoms with Crippen molar-refractivity contribution < 1.29 is 4.53 Å². The molecule has 0 aromatic heterocycles. The normalized spacial score (nSPS) is 11.6. The summed E-state index contributed by atoms with van der Waals surface area (Å²) in [4.78, 5) is 0. The summed E-state index contributed by atoms with van der Waals surface area (Å²) in [6.07, 6.45) is 1.75. The standard InChI is InChI=1S/C23H25NOSi/c1-2-24-25-26(18-21-12-6-3-7-13-21,19-22-14-8-4-9-15-22)20-23-16-10-5-11-17-23/h2-17H,18-20H2,1H3. The van der Waals surface area contributed by atoms with Gasteiger partial charge >= 0.3 is 0 Å². The molecular weight excluding hydrogens is 334 g/mol. The minimum Gasteiger partial charge on any atom is -0.454 e. The second kappa shape index (κ2) is 9.16. The highest BCUT2D eigenvalue weighted by Gasteiger charge is 2.38. The number of hydrogen-bond acceptors (Lipinski definition) is 2. The Morgan fingerprint density at radius 1 is 0.654 bits per heavy atom. The molecule has 0 aliphatic rings. The van der Waals surface area contributed by atoms with Crippen molar-refractivity contribution in [3.8, 4) is 0 Å². The second-order valence-electron chi connectivity index (χ2n) is 6.63. The van der Waals surface area contributed by atoms with Gasteiger partial charge in [-0.2, -0.15) is 0 Å². The van der Waals surface area contributed by atoms with Gasteiger partial charge in [-0.15, -0.1) is 5.16 Å². The molecule has 0 bridgehead atoms. The fourth-order valence-corrected chi connectivity index (χ4v) is 7.19. The van der Waals surface area contributed by atoms with Gasteiger partial charge in [-0.3, -0.25) is 0 Å². The minimum atomic E-state index is -2.24. The lowest BCUT2D eigenvalue weighted by Gasteiger charge is -2.29. The van der Waals surface area contributed by atoms with Crippen molar-refractivity contribution in [3.63, 3.8) is 0 Å². The van der Waals surface area contributed by atoms with E-state index < -0.39 is 8.32 Å². The molecule has 0 aliphatic carbocycles. The zero-order valence-corrected chi connectivity index (χ0v) is 16.2. The molecule has 3 aromatic carbocycles. The summed E-state index contributed by atoms with van der Waals surface area (Å²) in [5, 5.41) is 4.27. The van der Waals surface area contributed by atoms with E-state index in [1.165, 1.54) is 16.7 Å². The van der Waals surface area contributed by atoms with E-state index >= 15 is 0 Å². The van der Waals surface area contributed by atoms with Crippen LogP contribution in [0.4, 0.5) is 0 Å². The van der Waals surface area contributed by atoms with Crippen molar-refractivity contribution in [2.45, 2.75) is 25.1 Å². The smallest absolute Gasteiger partial charge is 0.300 e. The van der Waals surface area contributed by atoms with Gasteiger partial charge in [0.2, 0.25) is 0 Å². The van der Waals surface area contributed by atoms with Gasteiger partial charge in [0, 0.05) is 24.3 Å². The van der Waals surface area contributed by atoms with E-state index in [1.807, 2.05) is 6.92 Å². The molecule has 0 spiro atoms. The average molecular weight is 360 g/mol. The Morgan fingerprint density at radius 2 is 1.00 bits per heavy atom. The zero-order chi connectivity index (χ0) is 18.1. The van der Waals surface area contributed by atoms with Crippen LogP contribution in [0, 0.1) is 0 Å². The number of benzene rings is 3. The molecule has 0 radical (unpaired) electrons. The monoisotopic (exact) mass is 359 g/mol. The maximum absolute atomic E-state index is 6.30. The molecule has 0 atom stereocenters. The van der Waals surface area contributed by atoms with Crippen molar-refractivity contribution in [2.75, 3.05) is 0 Å². The third-order valence-electron chi connectivity index (χ3n) is 4.46. The van der Waals surface area contributed by atoms with Gasteiger partial charge in [-0.05, 0) is 23.6 Å². The molecule has 132 valence electrons. The molecule has 2 nitrogen and oxygen atoms in total. The first kappa shape index (κ1) is 18.1. The molecule has 3 heteroatoms. The Bertz CT molecular complexity index is 702. The van der Waals surface area contributed by atoms with E-state index in [0.717, 1.165) is 18.1 Å². The van der Waals surface area contributed by atoms with Gasteiger partial charge in [0.25, 0.3) is 8.32 Å². The number of oxime groups is 1. The highest BCUT2D eigenvalue weighted by atomic mass is 28.4. The summed E-state index contributed by atoms with van der Waals surface area (Å²) < 4.78 is 6.30. The van der Waals surface area contributed by atoms with Crippen LogP contribution in [0.5, 0.6) is 0 Å². The van der Waals surface area contributed by atoms with Crippen LogP contribution >= 0.6 is 0 Å². The maximum Gasteiger partial charge on any atom is 0.300 e.